The molecular weight excluding hydrogens is 377 g/mol. The van der Waals surface area contributed by atoms with Gasteiger partial charge in [-0.25, -0.2) is 8.60 Å². The number of nitrogens with one attached hydrogen (secondary N) is 1. The quantitative estimate of drug-likeness (QED) is 0.851. The zero-order chi connectivity index (χ0) is 17.2. The smallest absolute Gasteiger partial charge is 0.202 e. The van der Waals surface area contributed by atoms with Gasteiger partial charge in [0.2, 0.25) is 5.44 Å². The van der Waals surface area contributed by atoms with E-state index < -0.39 is 22.1 Å². The fourth-order valence-corrected chi connectivity index (χ4v) is 4.56. The van der Waals surface area contributed by atoms with Crippen LogP contribution in [0.3, 0.4) is 0 Å². The summed E-state index contributed by atoms with van der Waals surface area (Å²) in [5.74, 6) is 0.851. The van der Waals surface area contributed by atoms with E-state index in [2.05, 4.69) is 5.32 Å². The van der Waals surface area contributed by atoms with Crippen molar-refractivity contribution in [2.45, 2.75) is 23.2 Å². The zero-order valence-corrected chi connectivity index (χ0v) is 15.8. The summed E-state index contributed by atoms with van der Waals surface area (Å²) in [6.45, 7) is 2.50. The molecule has 1 N–H and O–H groups in total. The van der Waals surface area contributed by atoms with Crippen LogP contribution in [-0.2, 0) is 10.8 Å². The van der Waals surface area contributed by atoms with Crippen LogP contribution in [0.5, 0.6) is 11.5 Å². The average Bonchev–Trinajstić information content (AvgIpc) is 2.99. The molecule has 2 unspecified atom stereocenters. The fourth-order valence-electron chi connectivity index (χ4n) is 3.22. The largest absolute Gasteiger partial charge is 0.490 e. The minimum atomic E-state index is -1.35. The molecule has 26 heavy (non-hydrogen) atoms. The van der Waals surface area contributed by atoms with Crippen LogP contribution in [0.15, 0.2) is 47.4 Å². The maximum absolute atomic E-state index is 14.4. The highest BCUT2D eigenvalue weighted by molar-refractivity contribution is 7.85. The van der Waals surface area contributed by atoms with E-state index >= 15 is 0 Å². The third kappa shape index (κ3) is 3.87. The summed E-state index contributed by atoms with van der Waals surface area (Å²) >= 11 is 0. The lowest BCUT2D eigenvalue weighted by molar-refractivity contribution is 0.208. The van der Waals surface area contributed by atoms with Gasteiger partial charge in [0.1, 0.15) is 16.5 Å². The highest BCUT2D eigenvalue weighted by Gasteiger charge is 2.32. The summed E-state index contributed by atoms with van der Waals surface area (Å²) in [7, 11) is -1.35. The predicted octanol–water partition coefficient (Wildman–Crippen LogP) is 3.82. The molecule has 2 atom stereocenters. The van der Waals surface area contributed by atoms with Gasteiger partial charge in [-0.1, -0.05) is 18.2 Å². The van der Waals surface area contributed by atoms with Crippen molar-refractivity contribution in [1.29, 1.82) is 0 Å². The number of rotatable bonds is 4. The van der Waals surface area contributed by atoms with Gasteiger partial charge < -0.3 is 14.8 Å². The molecule has 1 saturated heterocycles. The minimum Gasteiger partial charge on any atom is -0.490 e. The molecule has 2 aliphatic heterocycles. The second-order valence-electron chi connectivity index (χ2n) is 6.39. The second kappa shape index (κ2) is 8.37. The summed E-state index contributed by atoms with van der Waals surface area (Å²) in [6, 6.07) is 11.9. The minimum absolute atomic E-state index is 0. The molecule has 0 amide bonds. The van der Waals surface area contributed by atoms with Crippen LogP contribution in [0.4, 0.5) is 4.39 Å². The molecule has 7 heteroatoms. The van der Waals surface area contributed by atoms with Gasteiger partial charge in [0, 0.05) is 5.56 Å². The van der Waals surface area contributed by atoms with Gasteiger partial charge in [-0.05, 0) is 56.1 Å². The molecule has 0 spiro atoms. The van der Waals surface area contributed by atoms with Crippen LogP contribution in [-0.4, -0.2) is 23.9 Å². The molecular formula is C19H21ClFNO3S. The van der Waals surface area contributed by atoms with E-state index in [0.717, 1.165) is 25.9 Å². The van der Waals surface area contributed by atoms with Crippen molar-refractivity contribution in [1.82, 2.24) is 5.32 Å². The summed E-state index contributed by atoms with van der Waals surface area (Å²) in [5.41, 5.74) is -0.119. The Labute approximate surface area is 161 Å². The SMILES string of the molecule is Cl.O=S1c2ccccc2OC1c1ccc(OCC2CCNCC2)c(F)c1. The number of fused-ring (bicyclic) bond motifs is 1. The molecule has 0 aromatic heterocycles. The summed E-state index contributed by atoms with van der Waals surface area (Å²) in [4.78, 5) is 0.652. The van der Waals surface area contributed by atoms with E-state index in [-0.39, 0.29) is 18.2 Å². The summed E-state index contributed by atoms with van der Waals surface area (Å²) in [6.07, 6.45) is 2.10. The highest BCUT2D eigenvalue weighted by Crippen LogP contribution is 2.40. The summed E-state index contributed by atoms with van der Waals surface area (Å²) in [5, 5.41) is 3.30. The van der Waals surface area contributed by atoms with E-state index in [1.807, 2.05) is 12.1 Å². The highest BCUT2D eigenvalue weighted by atomic mass is 35.5. The number of halogens is 2. The van der Waals surface area contributed by atoms with E-state index in [1.54, 1.807) is 24.3 Å². The molecule has 0 radical (unpaired) electrons. The van der Waals surface area contributed by atoms with Crippen LogP contribution in [0.1, 0.15) is 23.8 Å². The van der Waals surface area contributed by atoms with Crippen molar-refractivity contribution >= 4 is 23.2 Å². The van der Waals surface area contributed by atoms with Crippen molar-refractivity contribution < 1.29 is 18.1 Å². The van der Waals surface area contributed by atoms with Crippen molar-refractivity contribution in [3.8, 4) is 11.5 Å². The molecule has 0 bridgehead atoms. The molecule has 0 saturated carbocycles. The Balaban J connectivity index is 0.00000196. The van der Waals surface area contributed by atoms with Crippen molar-refractivity contribution in [3.05, 3.63) is 53.8 Å². The first-order valence-corrected chi connectivity index (χ1v) is 9.73. The normalized spacial score (nSPS) is 22.2. The number of para-hydroxylation sites is 1. The topological polar surface area (TPSA) is 47.6 Å². The number of hydrogen-bond acceptors (Lipinski definition) is 4. The van der Waals surface area contributed by atoms with Crippen LogP contribution in [0.25, 0.3) is 0 Å². The van der Waals surface area contributed by atoms with Gasteiger partial charge in [0.15, 0.2) is 11.6 Å². The van der Waals surface area contributed by atoms with E-state index in [0.29, 0.717) is 28.7 Å². The van der Waals surface area contributed by atoms with Crippen LogP contribution >= 0.6 is 12.4 Å². The molecule has 2 heterocycles. The monoisotopic (exact) mass is 397 g/mol. The Morgan fingerprint density at radius 1 is 1.19 bits per heavy atom. The number of hydrogen-bond donors (Lipinski definition) is 1. The maximum atomic E-state index is 14.4. The van der Waals surface area contributed by atoms with Gasteiger partial charge in [0.25, 0.3) is 0 Å². The molecule has 4 rings (SSSR count). The van der Waals surface area contributed by atoms with E-state index in [4.69, 9.17) is 9.47 Å². The van der Waals surface area contributed by atoms with Gasteiger partial charge >= 0.3 is 0 Å². The first kappa shape index (κ1) is 19.1. The molecule has 2 aromatic carbocycles. The Hall–Kier alpha value is -1.63. The van der Waals surface area contributed by atoms with Crippen molar-refractivity contribution in [2.75, 3.05) is 19.7 Å². The standard InChI is InChI=1S/C19H20FNO3S.ClH/c20-15-11-14(19-24-17-3-1-2-4-18(17)25(19)22)5-6-16(15)23-12-13-7-9-21-10-8-13;/h1-6,11,13,19,21H,7-10,12H2;1H. The van der Waals surface area contributed by atoms with Crippen LogP contribution in [0.2, 0.25) is 0 Å². The first-order valence-electron chi connectivity index (χ1n) is 8.51. The molecule has 1 fully saturated rings. The Morgan fingerprint density at radius 3 is 2.69 bits per heavy atom. The lowest BCUT2D eigenvalue weighted by Crippen LogP contribution is -2.30. The lowest BCUT2D eigenvalue weighted by atomic mass is 9.99. The Morgan fingerprint density at radius 2 is 1.96 bits per heavy atom. The predicted molar refractivity (Wildman–Crippen MR) is 101 cm³/mol. The number of benzene rings is 2. The molecule has 140 valence electrons. The van der Waals surface area contributed by atoms with E-state index in [9.17, 15) is 8.60 Å². The summed E-state index contributed by atoms with van der Waals surface area (Å²) < 4.78 is 38.4. The van der Waals surface area contributed by atoms with Crippen molar-refractivity contribution in [3.63, 3.8) is 0 Å². The average molecular weight is 398 g/mol. The first-order chi connectivity index (χ1) is 12.2. The van der Waals surface area contributed by atoms with Crippen LogP contribution < -0.4 is 14.8 Å². The zero-order valence-electron chi connectivity index (χ0n) is 14.2. The third-order valence-electron chi connectivity index (χ3n) is 4.66. The van der Waals surface area contributed by atoms with Crippen LogP contribution in [0, 0.1) is 11.7 Å². The molecule has 4 nitrogen and oxygen atoms in total. The van der Waals surface area contributed by atoms with Crippen molar-refractivity contribution in [2.24, 2.45) is 5.92 Å². The Bertz CT molecular complexity index is 798. The Kier molecular flexibility index (Phi) is 6.16. The third-order valence-corrected chi connectivity index (χ3v) is 6.18. The van der Waals surface area contributed by atoms with Gasteiger partial charge in [-0.2, -0.15) is 0 Å². The number of ether oxygens (including phenoxy) is 2. The van der Waals surface area contributed by atoms with Gasteiger partial charge in [0.05, 0.1) is 11.5 Å². The van der Waals surface area contributed by atoms with Gasteiger partial charge in [-0.15, -0.1) is 12.4 Å². The molecule has 2 aromatic rings. The second-order valence-corrected chi connectivity index (χ2v) is 7.85. The molecule has 2 aliphatic rings. The van der Waals surface area contributed by atoms with Gasteiger partial charge in [-0.3, -0.25) is 0 Å². The fraction of sp³-hybridized carbons (Fsp3) is 0.368. The molecule has 0 aliphatic carbocycles. The lowest BCUT2D eigenvalue weighted by Gasteiger charge is -2.22. The number of piperidine rings is 1. The maximum Gasteiger partial charge on any atom is 0.202 e. The van der Waals surface area contributed by atoms with E-state index in [1.165, 1.54) is 6.07 Å².